The lowest BCUT2D eigenvalue weighted by Crippen LogP contribution is -2.29. The molecule has 2 aliphatic rings. The first-order valence-corrected chi connectivity index (χ1v) is 21.5. The quantitative estimate of drug-likeness (QED) is 0.0854. The van der Waals surface area contributed by atoms with Gasteiger partial charge in [0.25, 0.3) is 0 Å². The number of nitrogens with one attached hydrogen (secondary N) is 2. The fourth-order valence-electron chi connectivity index (χ4n) is 6.28. The number of anilines is 2. The summed E-state index contributed by atoms with van der Waals surface area (Å²) in [5, 5.41) is 7.64. The second-order valence-electron chi connectivity index (χ2n) is 14.0. The van der Waals surface area contributed by atoms with E-state index in [1.54, 1.807) is 24.3 Å². The average Bonchev–Trinajstić information content (AvgIpc) is 3.07. The average molecular weight is 1030 g/mol. The second-order valence-corrected chi connectivity index (χ2v) is 17.9. The highest BCUT2D eigenvalue weighted by Gasteiger charge is 2.29. The number of aryl methyl sites for hydroxylation is 1. The molecule has 2 atom stereocenters. The van der Waals surface area contributed by atoms with E-state index in [1.165, 1.54) is 25.7 Å². The highest BCUT2D eigenvalue weighted by Crippen LogP contribution is 2.38. The number of benzene rings is 4. The van der Waals surface area contributed by atoms with Crippen LogP contribution in [0.25, 0.3) is 0 Å². The lowest BCUT2D eigenvalue weighted by molar-refractivity contribution is -0.166. The van der Waals surface area contributed by atoms with Crippen molar-refractivity contribution >= 4 is 98.6 Å². The van der Waals surface area contributed by atoms with Crippen LogP contribution in [0.2, 0.25) is 5.02 Å². The molecule has 0 radical (unpaired) electrons. The van der Waals surface area contributed by atoms with Crippen LogP contribution in [0, 0.1) is 6.92 Å². The molecule has 7 nitrogen and oxygen atoms in total. The summed E-state index contributed by atoms with van der Waals surface area (Å²) in [4.78, 5) is 25.1. The van der Waals surface area contributed by atoms with Crippen molar-refractivity contribution in [3.8, 4) is 11.5 Å². The number of halogens is 7. The molecule has 14 heteroatoms. The minimum atomic E-state index is -2.21. The number of carbonyl (C=O) groups is 2. The Hall–Kier alpha value is -2.71. The number of rotatable bonds is 16. The standard InChI is InChI=1S/C41H39Br4ClF2N2O5/c1-22-8-25(11-30(9-22)49-28-4-2-5-28)20-53-38-32(42)13-23(14-33(38)43)17-36(47)40(51)55-41(52)37(48)18-24-15-34(44)39(35(45)16-24)54-21-26-10-27(46)19-31(12-26)50-29-6-3-7-29/h8-16,19,28-29,36-37,49-50H,2-7,17-18,20-21H2,1H3. The molecule has 2 fully saturated rings. The van der Waals surface area contributed by atoms with Crippen molar-refractivity contribution in [3.63, 3.8) is 0 Å². The number of carbonyl (C=O) groups excluding carboxylic acids is 2. The Morgan fingerprint density at radius 2 is 1.07 bits per heavy atom. The van der Waals surface area contributed by atoms with Crippen LogP contribution in [0.1, 0.15) is 66.3 Å². The zero-order chi connectivity index (χ0) is 39.2. The monoisotopic (exact) mass is 1030 g/mol. The third-order valence-corrected chi connectivity index (χ3v) is 12.0. The minimum Gasteiger partial charge on any atom is -0.487 e. The summed E-state index contributed by atoms with van der Waals surface area (Å²) in [6, 6.07) is 19.4. The molecular formula is C41H39Br4ClF2N2O5. The topological polar surface area (TPSA) is 85.9 Å². The van der Waals surface area contributed by atoms with Crippen LogP contribution in [-0.2, 0) is 40.4 Å². The third kappa shape index (κ3) is 11.7. The number of esters is 2. The first-order chi connectivity index (χ1) is 26.3. The minimum absolute atomic E-state index is 0.222. The summed E-state index contributed by atoms with van der Waals surface area (Å²) in [6.45, 7) is 2.56. The zero-order valence-corrected chi connectivity index (χ0v) is 36.9. The molecule has 0 heterocycles. The molecule has 2 saturated carbocycles. The first kappa shape index (κ1) is 41.9. The van der Waals surface area contributed by atoms with Crippen molar-refractivity contribution in [1.29, 1.82) is 0 Å². The van der Waals surface area contributed by atoms with E-state index < -0.39 is 37.1 Å². The van der Waals surface area contributed by atoms with Gasteiger partial charge in [0, 0.05) is 41.3 Å². The zero-order valence-electron chi connectivity index (χ0n) is 29.8. The molecule has 0 spiro atoms. The fraction of sp³-hybridized carbons (Fsp3) is 0.366. The van der Waals surface area contributed by atoms with Crippen molar-refractivity contribution in [2.75, 3.05) is 10.6 Å². The SMILES string of the molecule is Cc1cc(COc2c(Br)cc(CC(F)C(=O)OC(=O)C(F)Cc3cc(Br)c(OCc4cc(Cl)cc(NC5CCC5)c4)c(Br)c3)cc2Br)cc(NC2CCC2)c1. The highest BCUT2D eigenvalue weighted by molar-refractivity contribution is 9.11. The molecule has 0 saturated heterocycles. The molecule has 0 aromatic heterocycles. The molecule has 6 rings (SSSR count). The molecule has 4 aromatic rings. The lowest BCUT2D eigenvalue weighted by Gasteiger charge is -2.28. The molecule has 2 unspecified atom stereocenters. The first-order valence-electron chi connectivity index (χ1n) is 18.0. The molecule has 0 amide bonds. The molecule has 55 heavy (non-hydrogen) atoms. The maximum Gasteiger partial charge on any atom is 0.348 e. The van der Waals surface area contributed by atoms with E-state index in [0.29, 0.717) is 64.2 Å². The van der Waals surface area contributed by atoms with E-state index >= 15 is 8.78 Å². The van der Waals surface area contributed by atoms with Crippen molar-refractivity contribution in [3.05, 3.63) is 111 Å². The van der Waals surface area contributed by atoms with E-state index in [9.17, 15) is 9.59 Å². The maximum atomic E-state index is 15.1. The summed E-state index contributed by atoms with van der Waals surface area (Å²) in [5.74, 6) is -1.96. The van der Waals surface area contributed by atoms with Crippen molar-refractivity contribution in [1.82, 2.24) is 0 Å². The molecule has 2 aliphatic carbocycles. The third-order valence-electron chi connectivity index (χ3n) is 9.47. The van der Waals surface area contributed by atoms with E-state index in [4.69, 9.17) is 21.1 Å². The van der Waals surface area contributed by atoms with Gasteiger partial charge >= 0.3 is 11.9 Å². The predicted octanol–water partition coefficient (Wildman–Crippen LogP) is 12.3. The number of hydrogen-bond donors (Lipinski definition) is 2. The normalized spacial score (nSPS) is 15.3. The Labute approximate surface area is 358 Å². The summed E-state index contributed by atoms with van der Waals surface area (Å²) < 4.78 is 49.0. The van der Waals surface area contributed by atoms with Gasteiger partial charge in [0.05, 0.1) is 17.9 Å². The van der Waals surface area contributed by atoms with Gasteiger partial charge in [-0.05, 0) is 192 Å². The van der Waals surface area contributed by atoms with Gasteiger partial charge in [-0.3, -0.25) is 0 Å². The number of ether oxygens (including phenoxy) is 3. The van der Waals surface area contributed by atoms with Crippen LogP contribution >= 0.6 is 75.3 Å². The summed E-state index contributed by atoms with van der Waals surface area (Å²) in [5.41, 5.74) is 5.82. The van der Waals surface area contributed by atoms with Gasteiger partial charge in [-0.25, -0.2) is 18.4 Å². The van der Waals surface area contributed by atoms with Crippen LogP contribution in [0.4, 0.5) is 20.2 Å². The van der Waals surface area contributed by atoms with Gasteiger partial charge in [-0.15, -0.1) is 0 Å². The van der Waals surface area contributed by atoms with Gasteiger partial charge in [-0.2, -0.15) is 0 Å². The van der Waals surface area contributed by atoms with Crippen LogP contribution in [0.3, 0.4) is 0 Å². The van der Waals surface area contributed by atoms with Crippen LogP contribution in [0.15, 0.2) is 78.6 Å². The predicted molar refractivity (Wildman–Crippen MR) is 226 cm³/mol. The Balaban J connectivity index is 0.985. The number of alkyl halides is 2. The fourth-order valence-corrected chi connectivity index (χ4v) is 9.56. The van der Waals surface area contributed by atoms with E-state index in [-0.39, 0.29) is 6.61 Å². The maximum absolute atomic E-state index is 15.1. The summed E-state index contributed by atoms with van der Waals surface area (Å²) >= 11 is 20.2. The van der Waals surface area contributed by atoms with Gasteiger partial charge < -0.3 is 24.8 Å². The summed E-state index contributed by atoms with van der Waals surface area (Å²) in [6.07, 6.45) is 1.83. The highest BCUT2D eigenvalue weighted by atomic mass is 79.9. The Morgan fingerprint density at radius 3 is 1.49 bits per heavy atom. The Kier molecular flexibility index (Phi) is 14.6. The summed E-state index contributed by atoms with van der Waals surface area (Å²) in [7, 11) is 0. The molecule has 2 N–H and O–H groups in total. The van der Waals surface area contributed by atoms with Gasteiger partial charge in [0.2, 0.25) is 12.3 Å². The van der Waals surface area contributed by atoms with Crippen molar-refractivity contribution in [2.24, 2.45) is 0 Å². The van der Waals surface area contributed by atoms with Crippen LogP contribution in [-0.4, -0.2) is 36.4 Å². The molecule has 0 bridgehead atoms. The number of hydrogen-bond acceptors (Lipinski definition) is 7. The largest absolute Gasteiger partial charge is 0.487 e. The molecule has 0 aliphatic heterocycles. The Bertz CT molecular complexity index is 1860. The Morgan fingerprint density at radius 1 is 0.655 bits per heavy atom. The lowest BCUT2D eigenvalue weighted by atomic mass is 9.93. The van der Waals surface area contributed by atoms with Crippen molar-refractivity contribution < 1.29 is 32.6 Å². The van der Waals surface area contributed by atoms with Gasteiger partial charge in [0.1, 0.15) is 24.7 Å². The van der Waals surface area contributed by atoms with Crippen LogP contribution in [0.5, 0.6) is 11.5 Å². The molecular weight excluding hydrogens is 994 g/mol. The van der Waals surface area contributed by atoms with E-state index in [2.05, 4.69) is 97.3 Å². The smallest absolute Gasteiger partial charge is 0.348 e. The van der Waals surface area contributed by atoms with E-state index in [1.807, 2.05) is 25.1 Å². The van der Waals surface area contributed by atoms with Gasteiger partial charge in [-0.1, -0.05) is 17.7 Å². The van der Waals surface area contributed by atoms with E-state index in [0.717, 1.165) is 40.9 Å². The second kappa shape index (κ2) is 19.2. The molecule has 292 valence electrons. The van der Waals surface area contributed by atoms with Crippen LogP contribution < -0.4 is 20.1 Å². The van der Waals surface area contributed by atoms with Gasteiger partial charge in [0.15, 0.2) is 0 Å². The van der Waals surface area contributed by atoms with Crippen molar-refractivity contribution in [2.45, 2.75) is 95.9 Å². The molecule has 4 aromatic carbocycles.